The quantitative estimate of drug-likeness (QED) is 0.549. The van der Waals surface area contributed by atoms with Crippen molar-refractivity contribution in [2.45, 2.75) is 11.4 Å². The first-order chi connectivity index (χ1) is 12.3. The number of hydrogen-bond acceptors (Lipinski definition) is 7. The van der Waals surface area contributed by atoms with Crippen molar-refractivity contribution < 1.29 is 27.6 Å². The van der Waals surface area contributed by atoms with E-state index in [1.165, 1.54) is 39.5 Å². The largest absolute Gasteiger partial charge is 0.493 e. The molecule has 0 aliphatic heterocycles. The van der Waals surface area contributed by atoms with Crippen LogP contribution >= 0.6 is 0 Å². The van der Waals surface area contributed by atoms with Crippen LogP contribution in [-0.2, 0) is 16.6 Å². The second-order valence-corrected chi connectivity index (χ2v) is 6.84. The van der Waals surface area contributed by atoms with Crippen LogP contribution in [0.25, 0.3) is 0 Å². The van der Waals surface area contributed by atoms with E-state index in [-0.39, 0.29) is 17.1 Å². The molecule has 0 saturated heterocycles. The summed E-state index contributed by atoms with van der Waals surface area (Å²) in [7, 11) is 0.386. The lowest BCUT2D eigenvalue weighted by Gasteiger charge is -2.16. The lowest BCUT2D eigenvalue weighted by Crippen LogP contribution is -2.23. The number of nitro benzene ring substituents is 1. The molecule has 0 saturated carbocycles. The molecule has 0 unspecified atom stereocenters. The Morgan fingerprint density at radius 2 is 1.73 bits per heavy atom. The number of nitrogens with zero attached hydrogens (tertiary/aromatic N) is 1. The van der Waals surface area contributed by atoms with Gasteiger partial charge in [-0.25, -0.2) is 13.1 Å². The highest BCUT2D eigenvalue weighted by Gasteiger charge is 2.20. The van der Waals surface area contributed by atoms with E-state index in [1.54, 1.807) is 12.1 Å². The zero-order valence-electron chi connectivity index (χ0n) is 14.4. The van der Waals surface area contributed by atoms with Crippen molar-refractivity contribution in [3.63, 3.8) is 0 Å². The highest BCUT2D eigenvalue weighted by atomic mass is 32.2. The van der Waals surface area contributed by atoms with Crippen LogP contribution in [0.4, 0.5) is 5.69 Å². The van der Waals surface area contributed by atoms with Crippen molar-refractivity contribution in [1.82, 2.24) is 4.72 Å². The van der Waals surface area contributed by atoms with E-state index in [0.717, 1.165) is 6.07 Å². The summed E-state index contributed by atoms with van der Waals surface area (Å²) in [5.74, 6) is 1.10. The van der Waals surface area contributed by atoms with Gasteiger partial charge in [0.2, 0.25) is 15.8 Å². The number of nitro groups is 1. The van der Waals surface area contributed by atoms with Crippen molar-refractivity contribution in [2.75, 3.05) is 21.3 Å². The van der Waals surface area contributed by atoms with E-state index < -0.39 is 14.9 Å². The molecule has 0 fully saturated rings. The summed E-state index contributed by atoms with van der Waals surface area (Å²) in [6.07, 6.45) is 0. The Morgan fingerprint density at radius 3 is 2.31 bits per heavy atom. The van der Waals surface area contributed by atoms with Crippen LogP contribution in [0, 0.1) is 10.1 Å². The molecular weight excluding hydrogens is 364 g/mol. The molecule has 0 bridgehead atoms. The maximum absolute atomic E-state index is 12.4. The third-order valence-electron chi connectivity index (χ3n) is 3.58. The standard InChI is InChI=1S/C16H18N2O7S/c1-23-14-8-7-11(15(24-2)16(14)25-3)10-17-26(21,22)13-6-4-5-12(9-13)18(19)20/h4-9,17H,10H2,1-3H3. The first-order valence-corrected chi connectivity index (χ1v) is 8.84. The second-order valence-electron chi connectivity index (χ2n) is 5.07. The Hall–Kier alpha value is -2.85. The summed E-state index contributed by atoms with van der Waals surface area (Å²) in [6, 6.07) is 8.06. The molecule has 0 atom stereocenters. The van der Waals surface area contributed by atoms with E-state index in [9.17, 15) is 18.5 Å². The molecule has 0 aromatic heterocycles. The number of ether oxygens (including phenoxy) is 3. The Kier molecular flexibility index (Phi) is 6.01. The van der Waals surface area contributed by atoms with E-state index in [1.807, 2.05) is 0 Å². The molecule has 2 aromatic carbocycles. The number of benzene rings is 2. The number of non-ortho nitro benzene ring substituents is 1. The number of nitrogens with one attached hydrogen (secondary N) is 1. The maximum Gasteiger partial charge on any atom is 0.270 e. The highest BCUT2D eigenvalue weighted by Crippen LogP contribution is 2.39. The SMILES string of the molecule is COc1ccc(CNS(=O)(=O)c2cccc([N+](=O)[O-])c2)c(OC)c1OC. The summed E-state index contributed by atoms with van der Waals surface area (Å²) >= 11 is 0. The predicted octanol–water partition coefficient (Wildman–Crippen LogP) is 2.10. The van der Waals surface area contributed by atoms with Crippen LogP contribution in [0.3, 0.4) is 0 Å². The van der Waals surface area contributed by atoms with Crippen molar-refractivity contribution in [1.29, 1.82) is 0 Å². The van der Waals surface area contributed by atoms with Gasteiger partial charge in [-0.1, -0.05) is 12.1 Å². The molecule has 26 heavy (non-hydrogen) atoms. The summed E-state index contributed by atoms with van der Waals surface area (Å²) in [5.41, 5.74) is 0.204. The fraction of sp³-hybridized carbons (Fsp3) is 0.250. The van der Waals surface area contributed by atoms with Crippen LogP contribution in [-0.4, -0.2) is 34.7 Å². The molecule has 0 aliphatic carbocycles. The molecule has 2 rings (SSSR count). The third kappa shape index (κ3) is 4.03. The number of hydrogen-bond donors (Lipinski definition) is 1. The van der Waals surface area contributed by atoms with Crippen molar-refractivity contribution in [3.8, 4) is 17.2 Å². The molecule has 1 N–H and O–H groups in total. The van der Waals surface area contributed by atoms with Gasteiger partial charge in [0.15, 0.2) is 11.5 Å². The highest BCUT2D eigenvalue weighted by molar-refractivity contribution is 7.89. The van der Waals surface area contributed by atoms with E-state index in [2.05, 4.69) is 4.72 Å². The fourth-order valence-corrected chi connectivity index (χ4v) is 3.37. The second kappa shape index (κ2) is 8.02. The van der Waals surface area contributed by atoms with Gasteiger partial charge in [-0.15, -0.1) is 0 Å². The van der Waals surface area contributed by atoms with Crippen molar-refractivity contribution in [3.05, 3.63) is 52.1 Å². The van der Waals surface area contributed by atoms with E-state index >= 15 is 0 Å². The molecule has 0 spiro atoms. The van der Waals surface area contributed by atoms with Crippen molar-refractivity contribution >= 4 is 15.7 Å². The number of rotatable bonds is 8. The molecule has 0 radical (unpaired) electrons. The molecule has 10 heteroatoms. The van der Waals surface area contributed by atoms with Gasteiger partial charge in [-0.05, 0) is 12.1 Å². The predicted molar refractivity (Wildman–Crippen MR) is 93.2 cm³/mol. The van der Waals surface area contributed by atoms with Gasteiger partial charge in [-0.3, -0.25) is 10.1 Å². The topological polar surface area (TPSA) is 117 Å². The summed E-state index contributed by atoms with van der Waals surface area (Å²) in [5, 5.41) is 10.8. The minimum absolute atomic E-state index is 0.103. The smallest absolute Gasteiger partial charge is 0.270 e. The van der Waals surface area contributed by atoms with Gasteiger partial charge in [0.05, 0.1) is 31.1 Å². The molecule has 0 aliphatic rings. The van der Waals surface area contributed by atoms with Crippen LogP contribution in [0.15, 0.2) is 41.3 Å². The maximum atomic E-state index is 12.4. The average Bonchev–Trinajstić information content (AvgIpc) is 2.65. The van der Waals surface area contributed by atoms with Gasteiger partial charge in [0, 0.05) is 24.2 Å². The van der Waals surface area contributed by atoms with Gasteiger partial charge in [0.25, 0.3) is 5.69 Å². The summed E-state index contributed by atoms with van der Waals surface area (Å²) in [4.78, 5) is 9.96. The molecule has 140 valence electrons. The number of sulfonamides is 1. The molecular formula is C16H18N2O7S. The lowest BCUT2D eigenvalue weighted by molar-refractivity contribution is -0.385. The number of methoxy groups -OCH3 is 3. The minimum atomic E-state index is -3.96. The molecule has 2 aromatic rings. The van der Waals surface area contributed by atoms with Crippen LogP contribution in [0.5, 0.6) is 17.2 Å². The Labute approximate surface area is 150 Å². The summed E-state index contributed by atoms with van der Waals surface area (Å²) in [6.45, 7) is -0.103. The monoisotopic (exact) mass is 382 g/mol. The third-order valence-corrected chi connectivity index (χ3v) is 4.98. The van der Waals surface area contributed by atoms with Gasteiger partial charge >= 0.3 is 0 Å². The van der Waals surface area contributed by atoms with Gasteiger partial charge < -0.3 is 14.2 Å². The Morgan fingerprint density at radius 1 is 1.04 bits per heavy atom. The first kappa shape index (κ1) is 19.5. The molecule has 0 amide bonds. The zero-order chi connectivity index (χ0) is 19.3. The van der Waals surface area contributed by atoms with Crippen LogP contribution < -0.4 is 18.9 Å². The Bertz CT molecular complexity index is 913. The normalized spacial score (nSPS) is 11.0. The Balaban J connectivity index is 2.30. The fourth-order valence-electron chi connectivity index (χ4n) is 2.32. The lowest BCUT2D eigenvalue weighted by atomic mass is 10.1. The first-order valence-electron chi connectivity index (χ1n) is 7.36. The van der Waals surface area contributed by atoms with Crippen LogP contribution in [0.1, 0.15) is 5.56 Å². The zero-order valence-corrected chi connectivity index (χ0v) is 15.2. The van der Waals surface area contributed by atoms with Crippen LogP contribution in [0.2, 0.25) is 0 Å². The average molecular weight is 382 g/mol. The van der Waals surface area contributed by atoms with E-state index in [4.69, 9.17) is 14.2 Å². The van der Waals surface area contributed by atoms with Crippen molar-refractivity contribution in [2.24, 2.45) is 0 Å². The van der Waals surface area contributed by atoms with Gasteiger partial charge in [-0.2, -0.15) is 0 Å². The molecule has 0 heterocycles. The molecule has 9 nitrogen and oxygen atoms in total. The van der Waals surface area contributed by atoms with E-state index in [0.29, 0.717) is 22.8 Å². The summed E-state index contributed by atoms with van der Waals surface area (Å²) < 4.78 is 43.0. The van der Waals surface area contributed by atoms with Gasteiger partial charge in [0.1, 0.15) is 0 Å². The minimum Gasteiger partial charge on any atom is -0.493 e.